The molecule has 8 aliphatic rings. The van der Waals surface area contributed by atoms with Crippen LogP contribution in [0.3, 0.4) is 0 Å². The van der Waals surface area contributed by atoms with Gasteiger partial charge in [0.15, 0.2) is 0 Å². The van der Waals surface area contributed by atoms with Gasteiger partial charge in [-0.05, 0) is 148 Å². The zero-order valence-corrected chi connectivity index (χ0v) is 43.7. The molecule has 6 fully saturated rings. The molecule has 0 aliphatic carbocycles. The summed E-state index contributed by atoms with van der Waals surface area (Å²) in [7, 11) is 3.08. The number of methoxy groups -OCH3 is 2. The van der Waals surface area contributed by atoms with Gasteiger partial charge in [0.1, 0.15) is 24.7 Å². The second-order valence-electron chi connectivity index (χ2n) is 21.3. The number of rotatable bonds is 14. The summed E-state index contributed by atoms with van der Waals surface area (Å²) in [6, 6.07) is 33.1. The molecule has 14 rings (SSSR count). The molecule has 6 aromatic rings. The average molecular weight is 1030 g/mol. The highest BCUT2D eigenvalue weighted by Crippen LogP contribution is 2.43. The molecular formula is C60H68N8O8. The molecule has 6 saturated heterocycles. The lowest BCUT2D eigenvalue weighted by Crippen LogP contribution is -2.51. The normalized spacial score (nSPS) is 24.0. The Hall–Kier alpha value is -7.30. The Kier molecular flexibility index (Phi) is 15.3. The maximum Gasteiger partial charge on any atom is 0.410 e. The summed E-state index contributed by atoms with van der Waals surface area (Å²) < 4.78 is 34.0. The molecule has 0 spiro atoms. The summed E-state index contributed by atoms with van der Waals surface area (Å²) >= 11 is 0. The molecule has 16 nitrogen and oxygen atoms in total. The van der Waals surface area contributed by atoms with E-state index in [0.717, 1.165) is 136 Å². The van der Waals surface area contributed by atoms with Crippen molar-refractivity contribution < 1.29 is 38.0 Å². The van der Waals surface area contributed by atoms with Crippen LogP contribution in [-0.4, -0.2) is 132 Å². The molecule has 2 amide bonds. The minimum absolute atomic E-state index is 0.154. The highest BCUT2D eigenvalue weighted by Gasteiger charge is 2.43. The fraction of sp³-hybridized carbons (Fsp3) is 0.433. The Balaban J connectivity index is 0.000000162. The number of hydrogen-bond acceptors (Lipinski definition) is 14. The lowest BCUT2D eigenvalue weighted by Gasteiger charge is -2.48. The molecule has 4 aromatic carbocycles. The Bertz CT molecular complexity index is 2680. The highest BCUT2D eigenvalue weighted by atomic mass is 16.6. The lowest BCUT2D eigenvalue weighted by atomic mass is 9.73. The van der Waals surface area contributed by atoms with Gasteiger partial charge in [-0.1, -0.05) is 72.8 Å². The van der Waals surface area contributed by atoms with E-state index in [9.17, 15) is 9.59 Å². The maximum atomic E-state index is 13.5. The Morgan fingerprint density at radius 2 is 0.842 bits per heavy atom. The molecule has 16 heteroatoms. The van der Waals surface area contributed by atoms with Gasteiger partial charge >= 0.3 is 24.2 Å². The van der Waals surface area contributed by atoms with Crippen LogP contribution in [-0.2, 0) is 35.5 Å². The molecule has 396 valence electrons. The van der Waals surface area contributed by atoms with Crippen molar-refractivity contribution in [3.8, 4) is 23.5 Å². The first-order valence-electron chi connectivity index (χ1n) is 26.9. The summed E-state index contributed by atoms with van der Waals surface area (Å²) in [5, 5.41) is 0. The Morgan fingerprint density at radius 1 is 0.487 bits per heavy atom. The van der Waals surface area contributed by atoms with Crippen LogP contribution < -0.4 is 18.9 Å². The molecule has 2 atom stereocenters. The fourth-order valence-corrected chi connectivity index (χ4v) is 11.9. The first-order chi connectivity index (χ1) is 37.2. The molecule has 0 radical (unpaired) electrons. The van der Waals surface area contributed by atoms with Gasteiger partial charge in [0.05, 0.1) is 39.5 Å². The van der Waals surface area contributed by atoms with E-state index in [2.05, 4.69) is 66.1 Å². The van der Waals surface area contributed by atoms with Gasteiger partial charge in [-0.15, -0.1) is 0 Å². The number of piperidine rings is 6. The van der Waals surface area contributed by atoms with Crippen molar-refractivity contribution in [3.63, 3.8) is 0 Å². The first-order valence-corrected chi connectivity index (χ1v) is 26.9. The summed E-state index contributed by atoms with van der Waals surface area (Å²) in [6.07, 6.45) is 14.7. The van der Waals surface area contributed by atoms with E-state index in [1.165, 1.54) is 25.3 Å². The molecule has 76 heavy (non-hydrogen) atoms. The van der Waals surface area contributed by atoms with E-state index in [0.29, 0.717) is 51.5 Å². The van der Waals surface area contributed by atoms with Gasteiger partial charge in [-0.3, -0.25) is 9.80 Å². The molecule has 4 bridgehead atoms. The van der Waals surface area contributed by atoms with E-state index >= 15 is 0 Å². The van der Waals surface area contributed by atoms with Crippen molar-refractivity contribution in [1.82, 2.24) is 39.5 Å². The predicted molar refractivity (Wildman–Crippen MR) is 284 cm³/mol. The number of fused-ring (bicyclic) bond motifs is 8. The Labute approximate surface area is 445 Å². The van der Waals surface area contributed by atoms with Gasteiger partial charge in [0.2, 0.25) is 0 Å². The number of benzene rings is 4. The number of ether oxygens (including phenoxy) is 6. The first kappa shape index (κ1) is 50.8. The van der Waals surface area contributed by atoms with Gasteiger partial charge in [-0.25, -0.2) is 29.5 Å². The van der Waals surface area contributed by atoms with Crippen LogP contribution in [0.1, 0.15) is 95.1 Å². The molecular weight excluding hydrogens is 961 g/mol. The van der Waals surface area contributed by atoms with E-state index in [1.807, 2.05) is 70.5 Å². The predicted octanol–water partition coefficient (Wildman–Crippen LogP) is 9.27. The van der Waals surface area contributed by atoms with Crippen LogP contribution in [0.5, 0.6) is 23.5 Å². The zero-order chi connectivity index (χ0) is 51.9. The summed E-state index contributed by atoms with van der Waals surface area (Å²) in [5.74, 6) is 1.48. The average Bonchev–Trinajstić information content (AvgIpc) is 3.50. The van der Waals surface area contributed by atoms with Crippen LogP contribution >= 0.6 is 0 Å². The van der Waals surface area contributed by atoms with Crippen molar-refractivity contribution in [2.45, 2.75) is 76.7 Å². The second kappa shape index (κ2) is 22.9. The molecule has 0 unspecified atom stereocenters. The van der Waals surface area contributed by atoms with E-state index in [4.69, 9.17) is 28.4 Å². The molecule has 2 aromatic heterocycles. The van der Waals surface area contributed by atoms with Gasteiger partial charge in [0.25, 0.3) is 0 Å². The lowest BCUT2D eigenvalue weighted by molar-refractivity contribution is -0.0301. The third kappa shape index (κ3) is 11.4. The van der Waals surface area contributed by atoms with E-state index in [1.54, 1.807) is 24.8 Å². The van der Waals surface area contributed by atoms with E-state index < -0.39 is 0 Å². The van der Waals surface area contributed by atoms with Crippen LogP contribution in [0.25, 0.3) is 0 Å². The highest BCUT2D eigenvalue weighted by molar-refractivity contribution is 5.71. The second-order valence-corrected chi connectivity index (χ2v) is 21.3. The summed E-state index contributed by atoms with van der Waals surface area (Å²) in [4.78, 5) is 52.4. The van der Waals surface area contributed by atoms with Crippen molar-refractivity contribution in [2.24, 2.45) is 10.8 Å². The quantitative estimate of drug-likeness (QED) is 0.102. The van der Waals surface area contributed by atoms with Crippen LogP contribution in [0, 0.1) is 10.8 Å². The standard InChI is InChI=1S/2C30H34N4O4/c2*1-36-28-31-18-22(19-32-28)20-37-25-8-6-24(7-9-25)27-26-5-3-2-4-23(26)10-14-34(27)29(35)38-21-30-11-15-33(16-12-30)17-13-30/h2*2-9,18-19,27H,10-17,20-21H2,1H3/t2*27-/m10/s1. The summed E-state index contributed by atoms with van der Waals surface area (Å²) in [6.45, 7) is 9.75. The molecule has 0 N–H and O–H groups in total. The van der Waals surface area contributed by atoms with Gasteiger partial charge in [-0.2, -0.15) is 0 Å². The summed E-state index contributed by atoms with van der Waals surface area (Å²) in [5.41, 5.74) is 8.97. The van der Waals surface area contributed by atoms with Gasteiger partial charge < -0.3 is 38.2 Å². The maximum absolute atomic E-state index is 13.5. The van der Waals surface area contributed by atoms with Crippen LogP contribution in [0.2, 0.25) is 0 Å². The minimum Gasteiger partial charge on any atom is -0.489 e. The van der Waals surface area contributed by atoms with Gasteiger partial charge in [0, 0.05) is 59.8 Å². The SMILES string of the molecule is COc1ncc(COc2ccc([C@@H]3c4ccccc4CCN3C(=O)OCC34CCN(CC3)CC4)cc2)cn1.COc1ncc(COc2ccc([C@H]3c4ccccc4CCN3C(=O)OCC34CCN(CC3)CC4)cc2)cn1. The number of aromatic nitrogens is 4. The largest absolute Gasteiger partial charge is 0.489 e. The third-order valence-corrected chi connectivity index (χ3v) is 16.7. The zero-order valence-electron chi connectivity index (χ0n) is 43.7. The van der Waals surface area contributed by atoms with Crippen molar-refractivity contribution in [3.05, 3.63) is 166 Å². The minimum atomic E-state index is -0.216. The molecule has 8 aliphatic heterocycles. The number of hydrogen-bond donors (Lipinski definition) is 0. The number of carbonyl (C=O) groups is 2. The monoisotopic (exact) mass is 1030 g/mol. The van der Waals surface area contributed by atoms with Crippen molar-refractivity contribution in [2.75, 3.05) is 79.8 Å². The van der Waals surface area contributed by atoms with Crippen molar-refractivity contribution >= 4 is 12.2 Å². The smallest absolute Gasteiger partial charge is 0.410 e. The third-order valence-electron chi connectivity index (χ3n) is 16.7. The number of carbonyl (C=O) groups excluding carboxylic acids is 2. The molecule has 10 heterocycles. The number of amides is 2. The van der Waals surface area contributed by atoms with Crippen LogP contribution in [0.15, 0.2) is 122 Å². The fourth-order valence-electron chi connectivity index (χ4n) is 11.9. The van der Waals surface area contributed by atoms with E-state index in [-0.39, 0.29) is 35.1 Å². The Morgan fingerprint density at radius 3 is 1.20 bits per heavy atom. The van der Waals surface area contributed by atoms with Crippen LogP contribution in [0.4, 0.5) is 9.59 Å². The molecule has 0 saturated carbocycles. The number of nitrogens with zero attached hydrogens (tertiary/aromatic N) is 8. The van der Waals surface area contributed by atoms with Crippen molar-refractivity contribution in [1.29, 1.82) is 0 Å². The topological polar surface area (TPSA) is 154 Å².